The van der Waals surface area contributed by atoms with Crippen LogP contribution in [0, 0.1) is 6.92 Å². The molecule has 1 fully saturated rings. The summed E-state index contributed by atoms with van der Waals surface area (Å²) in [6.07, 6.45) is 4.96. The Morgan fingerprint density at radius 3 is 3.12 bits per heavy atom. The van der Waals surface area contributed by atoms with Gasteiger partial charge in [-0.1, -0.05) is 0 Å². The van der Waals surface area contributed by atoms with Gasteiger partial charge in [0.15, 0.2) is 0 Å². The van der Waals surface area contributed by atoms with E-state index in [4.69, 9.17) is 0 Å². The molecule has 88 valence electrons. The Morgan fingerprint density at radius 1 is 1.47 bits per heavy atom. The van der Waals surface area contributed by atoms with E-state index < -0.39 is 0 Å². The van der Waals surface area contributed by atoms with Crippen LogP contribution < -0.4 is 4.90 Å². The van der Waals surface area contributed by atoms with Gasteiger partial charge in [0.1, 0.15) is 0 Å². The second kappa shape index (κ2) is 4.45. The van der Waals surface area contributed by atoms with Crippen molar-refractivity contribution in [2.24, 2.45) is 0 Å². The first-order valence-electron chi connectivity index (χ1n) is 5.90. The molecule has 3 heterocycles. The zero-order valence-electron chi connectivity index (χ0n) is 9.84. The quantitative estimate of drug-likeness (QED) is 0.814. The minimum Gasteiger partial charge on any atom is -0.370 e. The third-order valence-corrected chi connectivity index (χ3v) is 4.31. The highest BCUT2D eigenvalue weighted by Gasteiger charge is 2.26. The zero-order valence-corrected chi connectivity index (χ0v) is 10.7. The predicted octanol–water partition coefficient (Wildman–Crippen LogP) is 2.84. The monoisotopic (exact) mass is 245 g/mol. The molecule has 0 aliphatic carbocycles. The molecule has 0 bridgehead atoms. The molecule has 3 rings (SSSR count). The number of hydrogen-bond donors (Lipinski definition) is 0. The number of hydrogen-bond acceptors (Lipinski definition) is 4. The maximum absolute atomic E-state index is 4.60. The van der Waals surface area contributed by atoms with Crippen molar-refractivity contribution in [2.75, 3.05) is 18.0 Å². The highest BCUT2D eigenvalue weighted by atomic mass is 32.1. The lowest BCUT2D eigenvalue weighted by Crippen LogP contribution is -2.19. The summed E-state index contributed by atoms with van der Waals surface area (Å²) in [5.41, 5.74) is 2.37. The Bertz CT molecular complexity index is 494. The molecule has 1 unspecified atom stereocenters. The number of pyridine rings is 1. The Balaban J connectivity index is 1.74. The maximum Gasteiger partial charge on any atom is 0.0977 e. The van der Waals surface area contributed by atoms with Crippen LogP contribution in [0.2, 0.25) is 0 Å². The van der Waals surface area contributed by atoms with Gasteiger partial charge >= 0.3 is 0 Å². The van der Waals surface area contributed by atoms with Crippen LogP contribution in [-0.4, -0.2) is 23.1 Å². The van der Waals surface area contributed by atoms with Crippen LogP contribution in [0.4, 0.5) is 5.69 Å². The Morgan fingerprint density at radius 2 is 2.41 bits per heavy atom. The Hall–Kier alpha value is -1.42. The molecule has 17 heavy (non-hydrogen) atoms. The highest BCUT2D eigenvalue weighted by Crippen LogP contribution is 2.31. The van der Waals surface area contributed by atoms with Gasteiger partial charge in [0.25, 0.3) is 0 Å². The molecule has 2 aromatic rings. The molecule has 1 saturated heterocycles. The van der Waals surface area contributed by atoms with Gasteiger partial charge in [-0.25, -0.2) is 4.98 Å². The van der Waals surface area contributed by atoms with E-state index in [2.05, 4.69) is 33.2 Å². The van der Waals surface area contributed by atoms with Crippen molar-refractivity contribution in [1.82, 2.24) is 9.97 Å². The summed E-state index contributed by atoms with van der Waals surface area (Å²) < 4.78 is 0. The zero-order chi connectivity index (χ0) is 11.7. The van der Waals surface area contributed by atoms with Crippen LogP contribution >= 0.6 is 11.3 Å². The molecule has 3 nitrogen and oxygen atoms in total. The molecule has 0 spiro atoms. The van der Waals surface area contributed by atoms with Crippen LogP contribution in [0.1, 0.15) is 23.0 Å². The average molecular weight is 245 g/mol. The molecule has 0 saturated carbocycles. The molecule has 1 aliphatic rings. The van der Waals surface area contributed by atoms with Crippen molar-refractivity contribution < 1.29 is 0 Å². The van der Waals surface area contributed by atoms with E-state index >= 15 is 0 Å². The van der Waals surface area contributed by atoms with Gasteiger partial charge in [-0.3, -0.25) is 4.98 Å². The molecule has 4 heteroatoms. The van der Waals surface area contributed by atoms with Gasteiger partial charge in [-0.05, 0) is 25.5 Å². The fourth-order valence-corrected chi connectivity index (χ4v) is 3.22. The fourth-order valence-electron chi connectivity index (χ4n) is 2.30. The van der Waals surface area contributed by atoms with Crippen molar-refractivity contribution in [2.45, 2.75) is 19.3 Å². The summed E-state index contributed by atoms with van der Waals surface area (Å²) in [5, 5.41) is 3.43. The molecule has 0 N–H and O–H groups in total. The Labute approximate surface area is 105 Å². The van der Waals surface area contributed by atoms with E-state index in [1.54, 1.807) is 11.3 Å². The van der Waals surface area contributed by atoms with Crippen molar-refractivity contribution in [3.63, 3.8) is 0 Å². The SMILES string of the molecule is Cc1csc(C2CCN(c3cccnc3)C2)n1. The molecule has 1 atom stereocenters. The largest absolute Gasteiger partial charge is 0.370 e. The summed E-state index contributed by atoms with van der Waals surface area (Å²) in [4.78, 5) is 11.2. The second-order valence-corrected chi connectivity index (χ2v) is 5.36. The van der Waals surface area contributed by atoms with Crippen LogP contribution in [0.25, 0.3) is 0 Å². The molecule has 1 aliphatic heterocycles. The number of aromatic nitrogens is 2. The van der Waals surface area contributed by atoms with E-state index in [-0.39, 0.29) is 0 Å². The number of rotatable bonds is 2. The topological polar surface area (TPSA) is 29.0 Å². The summed E-state index contributed by atoms with van der Waals surface area (Å²) >= 11 is 1.79. The molecular weight excluding hydrogens is 230 g/mol. The maximum atomic E-state index is 4.60. The number of aryl methyl sites for hydroxylation is 1. The second-order valence-electron chi connectivity index (χ2n) is 4.47. The van der Waals surface area contributed by atoms with E-state index in [0.717, 1.165) is 18.8 Å². The smallest absolute Gasteiger partial charge is 0.0977 e. The average Bonchev–Trinajstić information content (AvgIpc) is 2.98. The first-order valence-corrected chi connectivity index (χ1v) is 6.78. The van der Waals surface area contributed by atoms with Crippen molar-refractivity contribution in [3.8, 4) is 0 Å². The van der Waals surface area contributed by atoms with Gasteiger partial charge < -0.3 is 4.90 Å². The van der Waals surface area contributed by atoms with Crippen LogP contribution in [-0.2, 0) is 0 Å². The standard InChI is InChI=1S/C13H15N3S/c1-10-9-17-13(15-10)11-4-6-16(8-11)12-3-2-5-14-7-12/h2-3,5,7,9,11H,4,6,8H2,1H3. The number of anilines is 1. The fraction of sp³-hybridized carbons (Fsp3) is 0.385. The lowest BCUT2D eigenvalue weighted by molar-refractivity contribution is 0.763. The van der Waals surface area contributed by atoms with Gasteiger partial charge in [0.2, 0.25) is 0 Å². The number of nitrogens with zero attached hydrogens (tertiary/aromatic N) is 3. The van der Waals surface area contributed by atoms with Crippen LogP contribution in [0.3, 0.4) is 0 Å². The lowest BCUT2D eigenvalue weighted by Gasteiger charge is -2.17. The summed E-state index contributed by atoms with van der Waals surface area (Å²) in [6, 6.07) is 4.12. The van der Waals surface area contributed by atoms with Gasteiger partial charge in [0.05, 0.1) is 16.9 Å². The van der Waals surface area contributed by atoms with E-state index in [0.29, 0.717) is 5.92 Å². The Kier molecular flexibility index (Phi) is 2.81. The first-order chi connectivity index (χ1) is 8.33. The first kappa shape index (κ1) is 10.7. The van der Waals surface area contributed by atoms with Crippen molar-refractivity contribution in [3.05, 3.63) is 40.6 Å². The van der Waals surface area contributed by atoms with E-state index in [1.807, 2.05) is 18.5 Å². The van der Waals surface area contributed by atoms with Gasteiger partial charge in [-0.15, -0.1) is 11.3 Å². The molecule has 0 radical (unpaired) electrons. The minimum atomic E-state index is 0.592. The normalized spacial score (nSPS) is 19.8. The third-order valence-electron chi connectivity index (χ3n) is 3.19. The van der Waals surface area contributed by atoms with Crippen molar-refractivity contribution >= 4 is 17.0 Å². The summed E-state index contributed by atoms with van der Waals surface area (Å²) in [6.45, 7) is 4.24. The minimum absolute atomic E-state index is 0.592. The van der Waals surface area contributed by atoms with E-state index in [9.17, 15) is 0 Å². The molecule has 2 aromatic heterocycles. The summed E-state index contributed by atoms with van der Waals surface area (Å²) in [7, 11) is 0. The lowest BCUT2D eigenvalue weighted by atomic mass is 10.1. The highest BCUT2D eigenvalue weighted by molar-refractivity contribution is 7.09. The molecular formula is C13H15N3S. The van der Waals surface area contributed by atoms with Crippen molar-refractivity contribution in [1.29, 1.82) is 0 Å². The van der Waals surface area contributed by atoms with Crippen LogP contribution in [0.15, 0.2) is 29.9 Å². The predicted molar refractivity (Wildman–Crippen MR) is 70.7 cm³/mol. The van der Waals surface area contributed by atoms with Crippen LogP contribution in [0.5, 0.6) is 0 Å². The molecule has 0 amide bonds. The van der Waals surface area contributed by atoms with E-state index in [1.165, 1.54) is 17.1 Å². The third kappa shape index (κ3) is 2.17. The molecule has 0 aromatic carbocycles. The van der Waals surface area contributed by atoms with Gasteiger partial charge in [0, 0.05) is 36.3 Å². The van der Waals surface area contributed by atoms with Gasteiger partial charge in [-0.2, -0.15) is 0 Å². The number of thiazole rings is 1. The summed E-state index contributed by atoms with van der Waals surface area (Å²) in [5.74, 6) is 0.592.